The minimum atomic E-state index is 0.0130. The first-order valence-electron chi connectivity index (χ1n) is 12.4. The van der Waals surface area contributed by atoms with Gasteiger partial charge in [-0.15, -0.1) is 0 Å². The van der Waals surface area contributed by atoms with Crippen molar-refractivity contribution < 1.29 is 14.3 Å². The second-order valence-electron chi connectivity index (χ2n) is 10.9. The summed E-state index contributed by atoms with van der Waals surface area (Å²) in [7, 11) is 1.70. The fourth-order valence-corrected chi connectivity index (χ4v) is 7.10. The molecule has 2 aliphatic heterocycles. The molecule has 0 radical (unpaired) electrons. The Labute approximate surface area is 192 Å². The van der Waals surface area contributed by atoms with Crippen LogP contribution >= 0.6 is 0 Å². The molecule has 0 unspecified atom stereocenters. The average Bonchev–Trinajstić information content (AvgIpc) is 3.06. The Hall–Kier alpha value is -2.01. The number of nitrogens with zero attached hydrogens (tertiary/aromatic N) is 2. The Morgan fingerprint density at radius 2 is 2.03 bits per heavy atom. The first-order valence-corrected chi connectivity index (χ1v) is 12.4. The van der Waals surface area contributed by atoms with Crippen LogP contribution in [0.15, 0.2) is 36.4 Å². The number of fused-ring (bicyclic) bond motifs is 2. The number of hydrogen-bond donors (Lipinski definition) is 0. The van der Waals surface area contributed by atoms with Crippen molar-refractivity contribution in [3.63, 3.8) is 0 Å². The molecule has 5 nitrogen and oxygen atoms in total. The van der Waals surface area contributed by atoms with Crippen molar-refractivity contribution in [3.8, 4) is 5.75 Å². The zero-order chi connectivity index (χ0) is 22.5. The van der Waals surface area contributed by atoms with Crippen LogP contribution in [0.5, 0.6) is 5.75 Å². The van der Waals surface area contributed by atoms with E-state index in [1.165, 1.54) is 24.1 Å². The molecule has 2 aliphatic carbocycles. The molecule has 1 aromatic rings. The summed E-state index contributed by atoms with van der Waals surface area (Å²) >= 11 is 0. The highest BCUT2D eigenvalue weighted by atomic mass is 16.6. The molecule has 2 heterocycles. The lowest BCUT2D eigenvalue weighted by atomic mass is 9.55. The Bertz CT molecular complexity index is 868. The maximum atomic E-state index is 12.9. The van der Waals surface area contributed by atoms with Gasteiger partial charge >= 0.3 is 5.97 Å². The molecule has 5 heteroatoms. The van der Waals surface area contributed by atoms with E-state index in [1.807, 2.05) is 12.1 Å². The van der Waals surface area contributed by atoms with Crippen molar-refractivity contribution >= 4 is 11.7 Å². The second kappa shape index (κ2) is 8.40. The van der Waals surface area contributed by atoms with Gasteiger partial charge in [0.1, 0.15) is 11.9 Å². The standard InChI is InChI=1S/C27H38N2O3/c1-18-6-5-11-27(3)15-25-22(14-24(18)27)23(26(30)32-25)17-28-12-13-29(19(2)16-28)20-7-9-21(31-4)10-8-20/h7-10,19,22-25H,1,5-6,11-17H2,2-4H3/t19-,22+,23-,24+,25-,27-/m1/s1. The van der Waals surface area contributed by atoms with Gasteiger partial charge < -0.3 is 14.4 Å². The highest BCUT2D eigenvalue weighted by molar-refractivity contribution is 5.75. The molecule has 0 N–H and O–H groups in total. The third-order valence-electron chi connectivity index (χ3n) is 8.89. The van der Waals surface area contributed by atoms with E-state index < -0.39 is 0 Å². The van der Waals surface area contributed by atoms with Gasteiger partial charge in [-0.25, -0.2) is 0 Å². The summed E-state index contributed by atoms with van der Waals surface area (Å²) in [5.74, 6) is 1.85. The molecular weight excluding hydrogens is 400 g/mol. The summed E-state index contributed by atoms with van der Waals surface area (Å²) < 4.78 is 11.3. The van der Waals surface area contributed by atoms with Gasteiger partial charge in [0.25, 0.3) is 0 Å². The molecule has 2 saturated heterocycles. The number of carbonyl (C=O) groups excluding carboxylic acids is 1. The van der Waals surface area contributed by atoms with Gasteiger partial charge in [-0.05, 0) is 74.6 Å². The van der Waals surface area contributed by atoms with E-state index in [9.17, 15) is 4.79 Å². The summed E-state index contributed by atoms with van der Waals surface area (Å²) in [5.41, 5.74) is 2.92. The Kier molecular flexibility index (Phi) is 5.73. The van der Waals surface area contributed by atoms with E-state index in [0.717, 1.165) is 51.2 Å². The molecule has 4 fully saturated rings. The Morgan fingerprint density at radius 1 is 1.25 bits per heavy atom. The summed E-state index contributed by atoms with van der Waals surface area (Å²) in [6.07, 6.45) is 5.84. The maximum Gasteiger partial charge on any atom is 0.310 e. The first-order chi connectivity index (χ1) is 15.4. The van der Waals surface area contributed by atoms with Crippen molar-refractivity contribution in [1.82, 2.24) is 4.90 Å². The molecule has 174 valence electrons. The van der Waals surface area contributed by atoms with Crippen LogP contribution in [-0.4, -0.2) is 56.3 Å². The minimum absolute atomic E-state index is 0.0130. The van der Waals surface area contributed by atoms with Gasteiger partial charge in [-0.1, -0.05) is 19.1 Å². The molecular formula is C27H38N2O3. The van der Waals surface area contributed by atoms with E-state index >= 15 is 0 Å². The summed E-state index contributed by atoms with van der Waals surface area (Å²) in [6.45, 7) is 12.9. The van der Waals surface area contributed by atoms with Gasteiger partial charge in [-0.2, -0.15) is 0 Å². The molecule has 5 rings (SSSR count). The predicted molar refractivity (Wildman–Crippen MR) is 127 cm³/mol. The Balaban J connectivity index is 1.24. The smallest absolute Gasteiger partial charge is 0.310 e. The van der Waals surface area contributed by atoms with Crippen LogP contribution in [0.4, 0.5) is 5.69 Å². The van der Waals surface area contributed by atoms with Crippen LogP contribution in [0.1, 0.15) is 46.0 Å². The zero-order valence-corrected chi connectivity index (χ0v) is 19.9. The lowest BCUT2D eigenvalue weighted by Gasteiger charge is -2.50. The van der Waals surface area contributed by atoms with Gasteiger partial charge in [-0.3, -0.25) is 9.69 Å². The normalized spacial score (nSPS) is 37.6. The maximum absolute atomic E-state index is 12.9. The summed E-state index contributed by atoms with van der Waals surface area (Å²) in [6, 6.07) is 8.73. The van der Waals surface area contributed by atoms with E-state index in [0.29, 0.717) is 17.9 Å². The lowest BCUT2D eigenvalue weighted by Crippen LogP contribution is -2.54. The number of benzene rings is 1. The fourth-order valence-electron chi connectivity index (χ4n) is 7.10. The van der Waals surface area contributed by atoms with Gasteiger partial charge in [0.2, 0.25) is 0 Å². The number of ether oxygens (including phenoxy) is 2. The van der Waals surface area contributed by atoms with Crippen LogP contribution in [0.2, 0.25) is 0 Å². The largest absolute Gasteiger partial charge is 0.497 e. The summed E-state index contributed by atoms with van der Waals surface area (Å²) in [4.78, 5) is 17.9. The number of rotatable bonds is 4. The van der Waals surface area contributed by atoms with E-state index in [1.54, 1.807) is 7.11 Å². The van der Waals surface area contributed by atoms with E-state index in [2.05, 4.69) is 42.4 Å². The van der Waals surface area contributed by atoms with Crippen molar-refractivity contribution in [3.05, 3.63) is 36.4 Å². The van der Waals surface area contributed by atoms with Crippen LogP contribution < -0.4 is 9.64 Å². The molecule has 4 aliphatic rings. The van der Waals surface area contributed by atoms with Crippen LogP contribution in [0, 0.1) is 23.2 Å². The minimum Gasteiger partial charge on any atom is -0.497 e. The monoisotopic (exact) mass is 438 g/mol. The van der Waals surface area contributed by atoms with E-state index in [-0.39, 0.29) is 23.4 Å². The zero-order valence-electron chi connectivity index (χ0n) is 19.9. The van der Waals surface area contributed by atoms with Crippen molar-refractivity contribution in [2.45, 2.75) is 58.1 Å². The van der Waals surface area contributed by atoms with E-state index in [4.69, 9.17) is 9.47 Å². The Morgan fingerprint density at radius 3 is 2.75 bits per heavy atom. The van der Waals surface area contributed by atoms with Crippen molar-refractivity contribution in [2.75, 3.05) is 38.2 Å². The molecule has 2 saturated carbocycles. The SMILES string of the molecule is C=C1CCC[C@]2(C)C[C@H]3OC(=O)[C@H](CN4CCN(c5ccc(OC)cc5)[C@H](C)C4)[C@@H]3C[C@@H]12. The third-order valence-corrected chi connectivity index (χ3v) is 8.89. The first kappa shape index (κ1) is 21.8. The topological polar surface area (TPSA) is 42.0 Å². The third kappa shape index (κ3) is 3.83. The van der Waals surface area contributed by atoms with Crippen LogP contribution in [0.3, 0.4) is 0 Å². The van der Waals surface area contributed by atoms with Gasteiger partial charge in [0.05, 0.1) is 13.0 Å². The molecule has 0 spiro atoms. The fraction of sp³-hybridized carbons (Fsp3) is 0.667. The number of hydrogen-bond acceptors (Lipinski definition) is 5. The number of methoxy groups -OCH3 is 1. The molecule has 0 aromatic heterocycles. The predicted octanol–water partition coefficient (Wildman–Crippen LogP) is 4.52. The lowest BCUT2D eigenvalue weighted by molar-refractivity contribution is -0.146. The molecule has 1 aromatic carbocycles. The number of piperazine rings is 1. The van der Waals surface area contributed by atoms with Gasteiger partial charge in [0, 0.05) is 43.8 Å². The number of esters is 1. The number of carbonyl (C=O) groups is 1. The van der Waals surface area contributed by atoms with Crippen molar-refractivity contribution in [1.29, 1.82) is 0 Å². The van der Waals surface area contributed by atoms with Crippen molar-refractivity contribution in [2.24, 2.45) is 23.2 Å². The number of anilines is 1. The highest BCUT2D eigenvalue weighted by Crippen LogP contribution is 2.57. The highest BCUT2D eigenvalue weighted by Gasteiger charge is 2.55. The van der Waals surface area contributed by atoms with Crippen LogP contribution in [0.25, 0.3) is 0 Å². The average molecular weight is 439 g/mol. The quantitative estimate of drug-likeness (QED) is 0.511. The molecule has 0 amide bonds. The molecule has 32 heavy (non-hydrogen) atoms. The second-order valence-corrected chi connectivity index (χ2v) is 10.9. The number of allylic oxidation sites excluding steroid dienone is 1. The molecule has 6 atom stereocenters. The summed E-state index contributed by atoms with van der Waals surface area (Å²) in [5, 5.41) is 0. The van der Waals surface area contributed by atoms with Crippen LogP contribution in [-0.2, 0) is 9.53 Å². The molecule has 0 bridgehead atoms. The van der Waals surface area contributed by atoms with Gasteiger partial charge in [0.15, 0.2) is 0 Å².